The van der Waals surface area contributed by atoms with Crippen LogP contribution in [-0.4, -0.2) is 46.7 Å². The second kappa shape index (κ2) is 8.83. The van der Waals surface area contributed by atoms with Gasteiger partial charge in [-0.15, -0.1) is 0 Å². The quantitative estimate of drug-likeness (QED) is 0.681. The number of hydrogen-bond acceptors (Lipinski definition) is 5. The van der Waals surface area contributed by atoms with E-state index >= 15 is 0 Å². The second-order valence-corrected chi connectivity index (χ2v) is 8.64. The molecule has 2 unspecified atom stereocenters. The summed E-state index contributed by atoms with van der Waals surface area (Å²) in [6.45, 7) is 1.47. The first-order valence-corrected chi connectivity index (χ1v) is 11.0. The van der Waals surface area contributed by atoms with Crippen LogP contribution in [-0.2, 0) is 10.5 Å². The van der Waals surface area contributed by atoms with Crippen LogP contribution in [0.25, 0.3) is 0 Å². The van der Waals surface area contributed by atoms with E-state index in [4.69, 9.17) is 5.26 Å². The van der Waals surface area contributed by atoms with Crippen molar-refractivity contribution in [3.63, 3.8) is 0 Å². The molecule has 0 N–H and O–H groups in total. The molecule has 4 rings (SSSR count). The number of halogens is 1. The lowest BCUT2D eigenvalue weighted by Gasteiger charge is -2.41. The number of piperazine rings is 1. The number of fused-ring (bicyclic) bond motifs is 2. The van der Waals surface area contributed by atoms with E-state index in [2.05, 4.69) is 16.0 Å². The lowest BCUT2D eigenvalue weighted by molar-refractivity contribution is -0.131. The summed E-state index contributed by atoms with van der Waals surface area (Å²) in [7, 11) is 0. The maximum Gasteiger partial charge on any atom is 0.223 e. The van der Waals surface area contributed by atoms with Gasteiger partial charge in [0, 0.05) is 49.3 Å². The van der Waals surface area contributed by atoms with Crippen LogP contribution in [0, 0.1) is 17.1 Å². The topological polar surface area (TPSA) is 60.2 Å². The molecule has 2 fully saturated rings. The number of aromatic nitrogens is 1. The highest BCUT2D eigenvalue weighted by Gasteiger charge is 2.41. The Morgan fingerprint density at radius 1 is 1.17 bits per heavy atom. The molecular weight excluding hydrogens is 387 g/mol. The number of pyridine rings is 1. The number of thioether (sulfide) groups is 1. The first-order valence-electron chi connectivity index (χ1n) is 9.88. The lowest BCUT2D eigenvalue weighted by Crippen LogP contribution is -2.55. The predicted molar refractivity (Wildman–Crippen MR) is 112 cm³/mol. The van der Waals surface area contributed by atoms with Crippen molar-refractivity contribution in [1.82, 2.24) is 9.88 Å². The van der Waals surface area contributed by atoms with Gasteiger partial charge in [0.15, 0.2) is 0 Å². The molecule has 3 heterocycles. The van der Waals surface area contributed by atoms with Gasteiger partial charge in [0.2, 0.25) is 5.91 Å². The van der Waals surface area contributed by atoms with Gasteiger partial charge in [-0.2, -0.15) is 17.0 Å². The smallest absolute Gasteiger partial charge is 0.223 e. The van der Waals surface area contributed by atoms with Gasteiger partial charge in [0.05, 0.1) is 5.56 Å². The summed E-state index contributed by atoms with van der Waals surface area (Å²) in [6, 6.07) is 12.9. The molecule has 2 aromatic rings. The van der Waals surface area contributed by atoms with Crippen LogP contribution in [0.15, 0.2) is 42.6 Å². The van der Waals surface area contributed by atoms with E-state index in [1.54, 1.807) is 36.2 Å². The number of carbonyl (C=O) groups is 1. The van der Waals surface area contributed by atoms with Gasteiger partial charge in [-0.25, -0.2) is 9.37 Å². The average molecular weight is 411 g/mol. The Morgan fingerprint density at radius 2 is 1.90 bits per heavy atom. The van der Waals surface area contributed by atoms with Gasteiger partial charge in [-0.05, 0) is 42.7 Å². The third kappa shape index (κ3) is 4.54. The fourth-order valence-electron chi connectivity index (χ4n) is 4.17. The van der Waals surface area contributed by atoms with E-state index in [0.29, 0.717) is 24.1 Å². The molecule has 0 spiro atoms. The highest BCUT2D eigenvalue weighted by Crippen LogP contribution is 2.34. The van der Waals surface area contributed by atoms with Crippen LogP contribution < -0.4 is 4.90 Å². The van der Waals surface area contributed by atoms with E-state index < -0.39 is 0 Å². The predicted octanol–water partition coefficient (Wildman–Crippen LogP) is 3.60. The summed E-state index contributed by atoms with van der Waals surface area (Å²) >= 11 is 1.71. The molecule has 2 bridgehead atoms. The molecule has 1 amide bonds. The molecule has 1 aromatic heterocycles. The van der Waals surface area contributed by atoms with Crippen molar-refractivity contribution < 1.29 is 9.18 Å². The number of benzene rings is 1. The van der Waals surface area contributed by atoms with Crippen LogP contribution in [0.4, 0.5) is 10.2 Å². The zero-order chi connectivity index (χ0) is 20.2. The minimum Gasteiger partial charge on any atom is -0.347 e. The van der Waals surface area contributed by atoms with Crippen LogP contribution in [0.1, 0.15) is 30.4 Å². The van der Waals surface area contributed by atoms with Gasteiger partial charge in [-0.3, -0.25) is 4.79 Å². The summed E-state index contributed by atoms with van der Waals surface area (Å²) in [5.74, 6) is 2.44. The standard InChI is InChI=1S/C22H23FN4OS/c23-18-4-1-16(2-5-18)15-29-10-9-22(28)26-13-19-6-7-20(14-26)27(19)21-8-3-17(11-24)12-25-21/h1-5,8,12,19-20H,6-7,9-10,13-15H2. The number of likely N-dealkylation sites (tertiary alicyclic amines) is 1. The Morgan fingerprint density at radius 3 is 2.52 bits per heavy atom. The summed E-state index contributed by atoms with van der Waals surface area (Å²) in [6.07, 6.45) is 4.27. The van der Waals surface area contributed by atoms with Crippen molar-refractivity contribution in [3.05, 3.63) is 59.5 Å². The minimum absolute atomic E-state index is 0.209. The molecule has 5 nitrogen and oxygen atoms in total. The summed E-state index contributed by atoms with van der Waals surface area (Å²) in [5, 5.41) is 8.95. The lowest BCUT2D eigenvalue weighted by atomic mass is 10.1. The van der Waals surface area contributed by atoms with E-state index in [1.807, 2.05) is 11.0 Å². The van der Waals surface area contributed by atoms with Crippen molar-refractivity contribution in [1.29, 1.82) is 5.26 Å². The van der Waals surface area contributed by atoms with Gasteiger partial charge in [0.25, 0.3) is 0 Å². The fourth-order valence-corrected chi connectivity index (χ4v) is 5.07. The molecule has 2 aliphatic rings. The number of nitrogens with zero attached hydrogens (tertiary/aromatic N) is 4. The third-order valence-electron chi connectivity index (χ3n) is 5.62. The largest absolute Gasteiger partial charge is 0.347 e. The van der Waals surface area contributed by atoms with Crippen molar-refractivity contribution in [2.45, 2.75) is 37.1 Å². The number of hydrogen-bond donors (Lipinski definition) is 0. The summed E-state index contributed by atoms with van der Waals surface area (Å²) in [5.41, 5.74) is 1.64. The van der Waals surface area contributed by atoms with E-state index in [-0.39, 0.29) is 11.7 Å². The Hall–Kier alpha value is -2.59. The van der Waals surface area contributed by atoms with Gasteiger partial charge >= 0.3 is 0 Å². The summed E-state index contributed by atoms with van der Waals surface area (Å²) in [4.78, 5) is 21.5. The molecule has 1 aromatic carbocycles. The fraction of sp³-hybridized carbons (Fsp3) is 0.409. The van der Waals surface area contributed by atoms with Crippen molar-refractivity contribution >= 4 is 23.5 Å². The first kappa shape index (κ1) is 19.7. The number of nitriles is 1. The van der Waals surface area contributed by atoms with E-state index in [1.165, 1.54) is 12.1 Å². The van der Waals surface area contributed by atoms with E-state index in [9.17, 15) is 9.18 Å². The zero-order valence-corrected chi connectivity index (χ0v) is 16.9. The molecule has 2 saturated heterocycles. The minimum atomic E-state index is -0.223. The van der Waals surface area contributed by atoms with Crippen LogP contribution in [0.3, 0.4) is 0 Å². The number of anilines is 1. The number of amides is 1. The monoisotopic (exact) mass is 410 g/mol. The zero-order valence-electron chi connectivity index (χ0n) is 16.1. The second-order valence-electron chi connectivity index (χ2n) is 7.54. The summed E-state index contributed by atoms with van der Waals surface area (Å²) < 4.78 is 12.9. The number of carbonyl (C=O) groups excluding carboxylic acids is 1. The Balaban J connectivity index is 1.27. The maximum absolute atomic E-state index is 12.9. The molecule has 150 valence electrons. The van der Waals surface area contributed by atoms with Gasteiger partial charge in [-0.1, -0.05) is 12.1 Å². The molecule has 0 radical (unpaired) electrons. The van der Waals surface area contributed by atoms with Gasteiger partial charge < -0.3 is 9.80 Å². The van der Waals surface area contributed by atoms with Gasteiger partial charge in [0.1, 0.15) is 17.7 Å². The van der Waals surface area contributed by atoms with Crippen LogP contribution >= 0.6 is 11.8 Å². The molecule has 0 saturated carbocycles. The van der Waals surface area contributed by atoms with Crippen LogP contribution in [0.5, 0.6) is 0 Å². The SMILES string of the molecule is N#Cc1ccc(N2C3CCC2CN(C(=O)CCSCc2ccc(F)cc2)C3)nc1. The highest BCUT2D eigenvalue weighted by atomic mass is 32.2. The molecule has 29 heavy (non-hydrogen) atoms. The molecular formula is C22H23FN4OS. The first-order chi connectivity index (χ1) is 14.1. The molecule has 7 heteroatoms. The Bertz CT molecular complexity index is 883. The average Bonchev–Trinajstić information content (AvgIpc) is 3.01. The van der Waals surface area contributed by atoms with Crippen molar-refractivity contribution in [2.24, 2.45) is 0 Å². The molecule has 2 aliphatic heterocycles. The Kier molecular flexibility index (Phi) is 6.00. The van der Waals surface area contributed by atoms with E-state index in [0.717, 1.165) is 48.8 Å². The highest BCUT2D eigenvalue weighted by molar-refractivity contribution is 7.98. The maximum atomic E-state index is 12.9. The Labute approximate surface area is 174 Å². The normalized spacial score (nSPS) is 20.6. The third-order valence-corrected chi connectivity index (χ3v) is 6.65. The van der Waals surface area contributed by atoms with Crippen molar-refractivity contribution in [2.75, 3.05) is 23.7 Å². The molecule has 0 aliphatic carbocycles. The van der Waals surface area contributed by atoms with Crippen LogP contribution in [0.2, 0.25) is 0 Å². The van der Waals surface area contributed by atoms with Crippen molar-refractivity contribution in [3.8, 4) is 6.07 Å². The number of rotatable bonds is 6. The molecule has 2 atom stereocenters.